The van der Waals surface area contributed by atoms with E-state index < -0.39 is 22.7 Å². The Bertz CT molecular complexity index is 1860. The SMILES string of the molecule is CCCCCCCCCCCCc1c(-c2ccc(OCC(=O)O)cc2CON2c3ccccc3[N+](=[N-])c3ccccc32)cccc1S(=O)(=O)O. The Kier molecular flexibility index (Phi) is 12.8. The summed E-state index contributed by atoms with van der Waals surface area (Å²) >= 11 is 0. The molecule has 1 heterocycles. The number of benzene rings is 4. The van der Waals surface area contributed by atoms with Gasteiger partial charge in [0, 0.05) is 12.1 Å². The molecule has 10 nitrogen and oxygen atoms in total. The highest BCUT2D eigenvalue weighted by molar-refractivity contribution is 7.85. The van der Waals surface area contributed by atoms with Gasteiger partial charge in [-0.1, -0.05) is 107 Å². The van der Waals surface area contributed by atoms with Crippen LogP contribution in [-0.4, -0.2) is 30.7 Å². The van der Waals surface area contributed by atoms with Crippen molar-refractivity contribution >= 4 is 38.8 Å². The van der Waals surface area contributed by atoms with Gasteiger partial charge in [0.2, 0.25) is 11.4 Å². The lowest BCUT2D eigenvalue weighted by Crippen LogP contribution is -2.24. The maximum atomic E-state index is 12.6. The fraction of sp³-hybridized carbons (Fsp3) is 0.359. The standard InChI is InChI=1S/C39H45N3O7S/c1-2-3-4-5-6-7-8-9-10-11-17-33-32(18-16-23-38(33)50(45,46)47)31-25-24-30(48-28-39(43)44)26-29(31)27-49-42-36-21-14-12-19-34(36)41(40)35-20-13-15-22-37(35)42/h12-16,18-26H,2-11,17,27-28H2,1H3,(H,43,44)(H,45,46,47). The molecule has 0 atom stereocenters. The quantitative estimate of drug-likeness (QED) is 0.0560. The highest BCUT2D eigenvalue weighted by Gasteiger charge is 2.31. The predicted octanol–water partition coefficient (Wildman–Crippen LogP) is 9.97. The Morgan fingerprint density at radius 2 is 1.38 bits per heavy atom. The molecule has 0 aliphatic carbocycles. The van der Waals surface area contributed by atoms with Gasteiger partial charge in [-0.05, 0) is 65.4 Å². The number of unbranched alkanes of at least 4 members (excludes halogenated alkanes) is 9. The Morgan fingerprint density at radius 1 is 0.780 bits per heavy atom. The second-order valence-electron chi connectivity index (χ2n) is 12.5. The van der Waals surface area contributed by atoms with E-state index in [1.165, 1.54) is 44.6 Å². The van der Waals surface area contributed by atoms with Gasteiger partial charge in [-0.15, -0.1) is 0 Å². The molecular formula is C39H45N3O7S. The minimum absolute atomic E-state index is 0.0263. The average Bonchev–Trinajstić information content (AvgIpc) is 3.11. The van der Waals surface area contributed by atoms with Crippen LogP contribution in [0.15, 0.2) is 89.8 Å². The summed E-state index contributed by atoms with van der Waals surface area (Å²) in [6.45, 7) is 1.65. The third kappa shape index (κ3) is 9.15. The third-order valence-electron chi connectivity index (χ3n) is 8.93. The molecule has 264 valence electrons. The van der Waals surface area contributed by atoms with Crippen LogP contribution < -0.4 is 14.5 Å². The normalized spacial score (nSPS) is 12.4. The van der Waals surface area contributed by atoms with E-state index in [0.717, 1.165) is 30.4 Å². The van der Waals surface area contributed by atoms with Crippen LogP contribution in [0.1, 0.15) is 82.3 Å². The molecule has 1 aliphatic heterocycles. The zero-order valence-electron chi connectivity index (χ0n) is 28.5. The van der Waals surface area contributed by atoms with E-state index in [2.05, 4.69) is 6.92 Å². The lowest BCUT2D eigenvalue weighted by molar-refractivity contribution is -0.139. The first-order chi connectivity index (χ1) is 24.2. The minimum atomic E-state index is -4.52. The van der Waals surface area contributed by atoms with Crippen LogP contribution in [0, 0.1) is 0 Å². The smallest absolute Gasteiger partial charge is 0.341 e. The second-order valence-corrected chi connectivity index (χ2v) is 13.9. The molecular weight excluding hydrogens is 655 g/mol. The fourth-order valence-corrected chi connectivity index (χ4v) is 7.23. The summed E-state index contributed by atoms with van der Waals surface area (Å²) in [7, 11) is -4.52. The molecule has 0 radical (unpaired) electrons. The first-order valence-corrected chi connectivity index (χ1v) is 18.8. The number of aliphatic carboxylic acids is 1. The van der Waals surface area contributed by atoms with E-state index >= 15 is 0 Å². The van der Waals surface area contributed by atoms with Crippen LogP contribution in [0.2, 0.25) is 0 Å². The largest absolute Gasteiger partial charge is 0.493 e. The lowest BCUT2D eigenvalue weighted by Gasteiger charge is -2.30. The van der Waals surface area contributed by atoms with Gasteiger partial charge in [0.15, 0.2) is 6.61 Å². The number of carboxylic acid groups (broad SMARTS) is 1. The Hall–Kier alpha value is -4.58. The van der Waals surface area contributed by atoms with E-state index in [-0.39, 0.29) is 11.5 Å². The van der Waals surface area contributed by atoms with E-state index in [9.17, 15) is 28.4 Å². The average molecular weight is 700 g/mol. The van der Waals surface area contributed by atoms with Gasteiger partial charge in [0.25, 0.3) is 10.1 Å². The fourth-order valence-electron chi connectivity index (χ4n) is 6.46. The van der Waals surface area contributed by atoms with Crippen LogP contribution >= 0.6 is 0 Å². The molecule has 0 aromatic heterocycles. The van der Waals surface area contributed by atoms with Gasteiger partial charge in [0.05, 0.1) is 4.90 Å². The molecule has 4 aromatic carbocycles. The number of fused-ring (bicyclic) bond motifs is 2. The van der Waals surface area contributed by atoms with Crippen molar-refractivity contribution in [3.63, 3.8) is 0 Å². The predicted molar refractivity (Wildman–Crippen MR) is 195 cm³/mol. The van der Waals surface area contributed by atoms with E-state index in [4.69, 9.17) is 9.57 Å². The van der Waals surface area contributed by atoms with E-state index in [0.29, 0.717) is 57.2 Å². The van der Waals surface area contributed by atoms with Crippen molar-refractivity contribution in [3.8, 4) is 16.9 Å². The van der Waals surface area contributed by atoms with Gasteiger partial charge in [-0.3, -0.25) is 9.39 Å². The van der Waals surface area contributed by atoms with Gasteiger partial charge in [-0.25, -0.2) is 14.6 Å². The Labute approximate surface area is 294 Å². The van der Waals surface area contributed by atoms with Crippen LogP contribution in [-0.2, 0) is 32.8 Å². The zero-order valence-corrected chi connectivity index (χ0v) is 29.3. The summed E-state index contributed by atoms with van der Waals surface area (Å²) in [6.07, 6.45) is 11.8. The number of carboxylic acids is 1. The maximum absolute atomic E-state index is 12.6. The van der Waals surface area contributed by atoms with Crippen molar-refractivity contribution in [1.82, 2.24) is 4.70 Å². The Morgan fingerprint density at radius 3 is 1.98 bits per heavy atom. The topological polar surface area (TPSA) is 139 Å². The molecule has 2 N–H and O–H groups in total. The number of rotatable bonds is 19. The molecule has 0 saturated heterocycles. The molecule has 1 aliphatic rings. The van der Waals surface area contributed by atoms with Gasteiger partial charge in [-0.2, -0.15) is 8.42 Å². The van der Waals surface area contributed by atoms with Crippen molar-refractivity contribution in [2.45, 2.75) is 89.1 Å². The van der Waals surface area contributed by atoms with Gasteiger partial charge in [0.1, 0.15) is 23.7 Å². The Balaban J connectivity index is 1.44. The van der Waals surface area contributed by atoms with Gasteiger partial charge < -0.3 is 15.4 Å². The lowest BCUT2D eigenvalue weighted by atomic mass is 9.92. The number of para-hydroxylation sites is 4. The minimum Gasteiger partial charge on any atom is -0.493 e. The summed E-state index contributed by atoms with van der Waals surface area (Å²) in [5, 5.41) is 10.9. The molecule has 0 unspecified atom stereocenters. The summed E-state index contributed by atoms with van der Waals surface area (Å²) in [4.78, 5) is 17.6. The van der Waals surface area contributed by atoms with Crippen molar-refractivity contribution in [3.05, 3.63) is 102 Å². The van der Waals surface area contributed by atoms with Crippen LogP contribution in [0.5, 0.6) is 5.75 Å². The summed E-state index contributed by atoms with van der Waals surface area (Å²) in [5.74, 6) is -0.820. The number of hydrogen-bond acceptors (Lipinski definition) is 6. The number of carbonyl (C=O) groups is 1. The molecule has 4 aromatic rings. The van der Waals surface area contributed by atoms with Crippen molar-refractivity contribution in [2.75, 3.05) is 11.7 Å². The molecule has 50 heavy (non-hydrogen) atoms. The first kappa shape index (κ1) is 36.7. The second kappa shape index (κ2) is 17.4. The van der Waals surface area contributed by atoms with Crippen molar-refractivity contribution < 1.29 is 32.4 Å². The van der Waals surface area contributed by atoms with Crippen molar-refractivity contribution in [2.24, 2.45) is 0 Å². The van der Waals surface area contributed by atoms with E-state index in [1.54, 1.807) is 41.5 Å². The molecule has 0 bridgehead atoms. The molecule has 0 fully saturated rings. The molecule has 0 amide bonds. The first-order valence-electron chi connectivity index (χ1n) is 17.4. The third-order valence-corrected chi connectivity index (χ3v) is 9.87. The maximum Gasteiger partial charge on any atom is 0.341 e. The highest BCUT2D eigenvalue weighted by Crippen LogP contribution is 2.46. The summed E-state index contributed by atoms with van der Waals surface area (Å²) < 4.78 is 42.1. The van der Waals surface area contributed by atoms with Gasteiger partial charge >= 0.3 is 5.97 Å². The number of ether oxygens (including phenoxy) is 1. The zero-order chi connectivity index (χ0) is 35.5. The monoisotopic (exact) mass is 699 g/mol. The number of anilines is 2. The summed E-state index contributed by atoms with van der Waals surface area (Å²) in [6, 6.07) is 24.4. The van der Waals surface area contributed by atoms with Crippen LogP contribution in [0.3, 0.4) is 0 Å². The molecule has 11 heteroatoms. The number of hydrogen-bond donors (Lipinski definition) is 2. The molecule has 0 saturated carbocycles. The van der Waals surface area contributed by atoms with Crippen LogP contribution in [0.25, 0.3) is 16.7 Å². The highest BCUT2D eigenvalue weighted by atomic mass is 32.2. The van der Waals surface area contributed by atoms with E-state index in [1.807, 2.05) is 42.5 Å². The van der Waals surface area contributed by atoms with Crippen LogP contribution in [0.4, 0.5) is 22.7 Å². The molecule has 5 rings (SSSR count). The molecule has 0 spiro atoms. The van der Waals surface area contributed by atoms with Crippen molar-refractivity contribution in [1.29, 1.82) is 0 Å². The number of nitrogens with zero attached hydrogens (tertiary/aromatic N) is 3. The summed E-state index contributed by atoms with van der Waals surface area (Å²) in [5.41, 5.74) is 15.6.